The Balaban J connectivity index is 1.12. The lowest BCUT2D eigenvalue weighted by Crippen LogP contribution is -2.61. The molecular formula is C58H37BN4. The quantitative estimate of drug-likeness (QED) is 0.162. The Morgan fingerprint density at radius 2 is 0.746 bits per heavy atom. The van der Waals surface area contributed by atoms with E-state index < -0.39 is 0 Å². The summed E-state index contributed by atoms with van der Waals surface area (Å²) < 4.78 is 0. The predicted molar refractivity (Wildman–Crippen MR) is 265 cm³/mol. The van der Waals surface area contributed by atoms with E-state index in [4.69, 9.17) is 9.97 Å². The molecule has 0 radical (unpaired) electrons. The molecule has 4 nitrogen and oxygen atoms in total. The molecule has 0 spiro atoms. The second kappa shape index (κ2) is 14.2. The molecule has 63 heavy (non-hydrogen) atoms. The van der Waals surface area contributed by atoms with Crippen molar-refractivity contribution in [2.45, 2.75) is 0 Å². The van der Waals surface area contributed by atoms with E-state index in [1.807, 2.05) is 18.3 Å². The van der Waals surface area contributed by atoms with Gasteiger partial charge in [-0.25, -0.2) is 9.97 Å². The summed E-state index contributed by atoms with van der Waals surface area (Å²) in [6.45, 7) is -0.0551. The maximum atomic E-state index is 5.22. The number of aromatic nitrogens is 2. The molecule has 292 valence electrons. The van der Waals surface area contributed by atoms with Crippen molar-refractivity contribution in [1.82, 2.24) is 9.97 Å². The van der Waals surface area contributed by atoms with Crippen LogP contribution in [0.25, 0.3) is 66.1 Å². The van der Waals surface area contributed by atoms with E-state index >= 15 is 0 Å². The van der Waals surface area contributed by atoms with Crippen molar-refractivity contribution < 1.29 is 0 Å². The maximum Gasteiger partial charge on any atom is 0.252 e. The van der Waals surface area contributed by atoms with Gasteiger partial charge in [0, 0.05) is 51.3 Å². The molecule has 3 heterocycles. The van der Waals surface area contributed by atoms with Gasteiger partial charge in [0.2, 0.25) is 0 Å². The van der Waals surface area contributed by atoms with Crippen LogP contribution in [0.3, 0.4) is 0 Å². The van der Waals surface area contributed by atoms with Gasteiger partial charge >= 0.3 is 0 Å². The minimum atomic E-state index is -0.0551. The van der Waals surface area contributed by atoms with Crippen molar-refractivity contribution in [2.75, 3.05) is 9.80 Å². The number of anilines is 6. The van der Waals surface area contributed by atoms with Gasteiger partial charge in [-0.3, -0.25) is 0 Å². The van der Waals surface area contributed by atoms with Gasteiger partial charge in [-0.2, -0.15) is 0 Å². The van der Waals surface area contributed by atoms with E-state index in [-0.39, 0.29) is 6.71 Å². The topological polar surface area (TPSA) is 32.3 Å². The molecule has 0 fully saturated rings. The maximum absolute atomic E-state index is 5.22. The van der Waals surface area contributed by atoms with Gasteiger partial charge < -0.3 is 9.80 Å². The Morgan fingerprint density at radius 3 is 1.24 bits per heavy atom. The number of hydrogen-bond acceptors (Lipinski definition) is 4. The SMILES string of the molecule is c1ccc(-c2ccc(N3c4cc5ccccc5cc4B4c5cc6ccccc6cc5N(c5ccc(-c6ccccc6)cc5)c5cc(-c6ncc7ccccc7n6)cc3c54)cc2)cc1. The normalized spacial score (nSPS) is 12.7. The molecule has 13 rings (SSSR count). The number of nitrogens with zero attached hydrogens (tertiary/aromatic N) is 4. The average molecular weight is 801 g/mol. The summed E-state index contributed by atoms with van der Waals surface area (Å²) >= 11 is 0. The lowest BCUT2D eigenvalue weighted by molar-refractivity contribution is 1.21. The van der Waals surface area contributed by atoms with Crippen molar-refractivity contribution in [2.24, 2.45) is 0 Å². The van der Waals surface area contributed by atoms with Crippen LogP contribution in [0.5, 0.6) is 0 Å². The van der Waals surface area contributed by atoms with E-state index in [1.165, 1.54) is 71.6 Å². The molecule has 1 aromatic heterocycles. The zero-order chi connectivity index (χ0) is 41.4. The molecule has 0 saturated carbocycles. The van der Waals surface area contributed by atoms with Crippen LogP contribution in [0.15, 0.2) is 225 Å². The van der Waals surface area contributed by atoms with E-state index in [1.54, 1.807) is 0 Å². The van der Waals surface area contributed by atoms with Crippen molar-refractivity contribution in [1.29, 1.82) is 0 Å². The van der Waals surface area contributed by atoms with Gasteiger partial charge in [0.05, 0.1) is 5.52 Å². The lowest BCUT2D eigenvalue weighted by Gasteiger charge is -2.44. The van der Waals surface area contributed by atoms with Crippen LogP contribution in [-0.2, 0) is 0 Å². The zero-order valence-electron chi connectivity index (χ0n) is 34.2. The van der Waals surface area contributed by atoms with Gasteiger partial charge in [0.15, 0.2) is 5.82 Å². The van der Waals surface area contributed by atoms with Crippen LogP contribution in [0.1, 0.15) is 0 Å². The monoisotopic (exact) mass is 800 g/mol. The molecule has 0 atom stereocenters. The Bertz CT molecular complexity index is 3380. The fourth-order valence-corrected chi connectivity index (χ4v) is 10.0. The smallest absolute Gasteiger partial charge is 0.252 e. The van der Waals surface area contributed by atoms with E-state index in [0.717, 1.165) is 39.2 Å². The third-order valence-corrected chi connectivity index (χ3v) is 13.0. The van der Waals surface area contributed by atoms with Crippen LogP contribution in [-0.4, -0.2) is 16.7 Å². The zero-order valence-corrected chi connectivity index (χ0v) is 34.2. The molecule has 2 aliphatic rings. The van der Waals surface area contributed by atoms with Gasteiger partial charge in [-0.1, -0.05) is 164 Å². The fourth-order valence-electron chi connectivity index (χ4n) is 10.0. The first-order valence-corrected chi connectivity index (χ1v) is 21.6. The van der Waals surface area contributed by atoms with E-state index in [2.05, 4.69) is 216 Å². The lowest BCUT2D eigenvalue weighted by atomic mass is 9.33. The Hall–Kier alpha value is -8.28. The Kier molecular flexibility index (Phi) is 7.97. The highest BCUT2D eigenvalue weighted by atomic mass is 15.2. The molecule has 0 amide bonds. The van der Waals surface area contributed by atoms with Crippen molar-refractivity contribution in [3.63, 3.8) is 0 Å². The summed E-state index contributed by atoms with van der Waals surface area (Å²) in [6.07, 6.45) is 1.95. The predicted octanol–water partition coefficient (Wildman–Crippen LogP) is 13.0. The molecule has 10 aromatic carbocycles. The van der Waals surface area contributed by atoms with E-state index in [9.17, 15) is 0 Å². The van der Waals surface area contributed by atoms with Crippen molar-refractivity contribution in [3.8, 4) is 33.6 Å². The summed E-state index contributed by atoms with van der Waals surface area (Å²) in [5.41, 5.74) is 17.2. The molecule has 0 unspecified atom stereocenters. The summed E-state index contributed by atoms with van der Waals surface area (Å²) in [4.78, 5) is 15.2. The molecule has 2 aliphatic heterocycles. The van der Waals surface area contributed by atoms with Crippen LogP contribution in [0.2, 0.25) is 0 Å². The molecule has 0 saturated heterocycles. The minimum absolute atomic E-state index is 0.0551. The van der Waals surface area contributed by atoms with E-state index in [0.29, 0.717) is 5.82 Å². The second-order valence-electron chi connectivity index (χ2n) is 16.6. The van der Waals surface area contributed by atoms with Gasteiger partial charge in [0.25, 0.3) is 6.71 Å². The third-order valence-electron chi connectivity index (χ3n) is 13.0. The highest BCUT2D eigenvalue weighted by Crippen LogP contribution is 2.47. The highest BCUT2D eigenvalue weighted by Gasteiger charge is 2.44. The molecular weight excluding hydrogens is 763 g/mol. The summed E-state index contributed by atoms with van der Waals surface area (Å²) in [5, 5.41) is 5.87. The van der Waals surface area contributed by atoms with Crippen LogP contribution in [0.4, 0.5) is 34.1 Å². The first-order valence-electron chi connectivity index (χ1n) is 21.6. The summed E-state index contributed by atoms with van der Waals surface area (Å²) in [6, 6.07) is 79.5. The average Bonchev–Trinajstić information content (AvgIpc) is 3.35. The highest BCUT2D eigenvalue weighted by molar-refractivity contribution is 7.00. The van der Waals surface area contributed by atoms with Crippen LogP contribution < -0.4 is 26.2 Å². The fraction of sp³-hybridized carbons (Fsp3) is 0. The van der Waals surface area contributed by atoms with Gasteiger partial charge in [0.1, 0.15) is 0 Å². The number of fused-ring (bicyclic) bond motifs is 7. The molecule has 0 aliphatic carbocycles. The first kappa shape index (κ1) is 35.5. The molecule has 0 N–H and O–H groups in total. The molecule has 11 aromatic rings. The van der Waals surface area contributed by atoms with Crippen molar-refractivity contribution in [3.05, 3.63) is 225 Å². The number of para-hydroxylation sites is 1. The Labute approximate surface area is 366 Å². The number of rotatable bonds is 5. The minimum Gasteiger partial charge on any atom is -0.311 e. The Morgan fingerprint density at radius 1 is 0.333 bits per heavy atom. The largest absolute Gasteiger partial charge is 0.311 e. The molecule has 0 bridgehead atoms. The number of hydrogen-bond donors (Lipinski definition) is 0. The standard InChI is InChI=1S/C58H37BN4/c1-3-13-38(14-4-1)40-23-27-48(28-24-40)62-53-33-44-19-9-7-17-42(44)31-50(53)59-51-32-43-18-8-10-20-45(43)34-54(51)63(49-29-25-41(26-30-49)39-15-5-2-6-16-39)56-36-47(35-55(62)57(56)59)58-60-37-46-21-11-12-22-52(46)61-58/h1-37H. The number of benzene rings is 10. The summed E-state index contributed by atoms with van der Waals surface area (Å²) in [7, 11) is 0. The van der Waals surface area contributed by atoms with Crippen molar-refractivity contribution >= 4 is 89.7 Å². The van der Waals surface area contributed by atoms with Gasteiger partial charge in [-0.15, -0.1) is 0 Å². The third kappa shape index (κ3) is 5.78. The van der Waals surface area contributed by atoms with Crippen LogP contribution >= 0.6 is 0 Å². The van der Waals surface area contributed by atoms with Crippen LogP contribution in [0, 0.1) is 0 Å². The first-order chi connectivity index (χ1) is 31.2. The molecule has 5 heteroatoms. The van der Waals surface area contributed by atoms with Gasteiger partial charge in [-0.05, 0) is 115 Å². The second-order valence-corrected chi connectivity index (χ2v) is 16.6. The summed E-state index contributed by atoms with van der Waals surface area (Å²) in [5.74, 6) is 0.691.